The van der Waals surface area contributed by atoms with Crippen LogP contribution >= 0.6 is 11.6 Å². The van der Waals surface area contributed by atoms with Gasteiger partial charge < -0.3 is 14.8 Å². The van der Waals surface area contributed by atoms with Crippen LogP contribution in [0, 0.1) is 6.92 Å². The van der Waals surface area contributed by atoms with Crippen molar-refractivity contribution >= 4 is 28.3 Å². The van der Waals surface area contributed by atoms with E-state index in [0.29, 0.717) is 28.1 Å². The number of rotatable bonds is 3. The molecule has 4 nitrogen and oxygen atoms in total. The molecule has 5 heteroatoms. The Morgan fingerprint density at radius 3 is 2.82 bits per heavy atom. The molecule has 0 aliphatic carbocycles. The van der Waals surface area contributed by atoms with E-state index >= 15 is 0 Å². The number of benzene rings is 2. The average molecular weight is 316 g/mol. The zero-order valence-corrected chi connectivity index (χ0v) is 12.6. The first-order chi connectivity index (χ1) is 10.5. The summed E-state index contributed by atoms with van der Waals surface area (Å²) in [5.41, 5.74) is 2.31. The molecular weight excluding hydrogens is 302 g/mol. The molecule has 0 aliphatic heterocycles. The zero-order valence-electron chi connectivity index (χ0n) is 11.9. The van der Waals surface area contributed by atoms with Crippen LogP contribution in [0.5, 0.6) is 5.75 Å². The lowest BCUT2D eigenvalue weighted by molar-refractivity contribution is 0.471. The van der Waals surface area contributed by atoms with Crippen molar-refractivity contribution < 1.29 is 9.52 Å². The molecule has 2 aromatic carbocycles. The summed E-state index contributed by atoms with van der Waals surface area (Å²) in [7, 11) is 0. The number of hydrogen-bond acceptors (Lipinski definition) is 4. The van der Waals surface area contributed by atoms with Crippen molar-refractivity contribution in [2.45, 2.75) is 13.5 Å². The molecule has 3 rings (SSSR count). The first kappa shape index (κ1) is 14.5. The third-order valence-corrected chi connectivity index (χ3v) is 3.69. The Morgan fingerprint density at radius 2 is 2.05 bits per heavy atom. The number of nitrogens with one attached hydrogen (secondary N) is 1. The summed E-state index contributed by atoms with van der Waals surface area (Å²) in [5.74, 6) is 0.172. The van der Waals surface area contributed by atoms with Gasteiger partial charge >= 0.3 is 5.63 Å². The highest BCUT2D eigenvalue weighted by atomic mass is 35.5. The zero-order chi connectivity index (χ0) is 15.7. The minimum Gasteiger partial charge on any atom is -0.508 e. The number of halogens is 1. The van der Waals surface area contributed by atoms with Crippen molar-refractivity contribution in [2.75, 3.05) is 5.32 Å². The van der Waals surface area contributed by atoms with Gasteiger partial charge in [0.25, 0.3) is 0 Å². The average Bonchev–Trinajstić information content (AvgIpc) is 2.47. The monoisotopic (exact) mass is 315 g/mol. The van der Waals surface area contributed by atoms with E-state index < -0.39 is 5.63 Å². The molecule has 0 fully saturated rings. The molecule has 0 unspecified atom stereocenters. The molecule has 3 aromatic rings. The van der Waals surface area contributed by atoms with Crippen LogP contribution in [-0.4, -0.2) is 5.11 Å². The molecule has 0 saturated heterocycles. The Morgan fingerprint density at radius 1 is 1.23 bits per heavy atom. The summed E-state index contributed by atoms with van der Waals surface area (Å²) in [5, 5.41) is 14.4. The van der Waals surface area contributed by atoms with Gasteiger partial charge in [-0.1, -0.05) is 17.7 Å². The lowest BCUT2D eigenvalue weighted by atomic mass is 10.1. The lowest BCUT2D eigenvalue weighted by Crippen LogP contribution is -2.06. The predicted octanol–water partition coefficient (Wildman–Crippen LogP) is 4.07. The van der Waals surface area contributed by atoms with Gasteiger partial charge in [0, 0.05) is 28.7 Å². The van der Waals surface area contributed by atoms with E-state index in [1.807, 2.05) is 12.1 Å². The minimum atomic E-state index is -0.416. The highest BCUT2D eigenvalue weighted by molar-refractivity contribution is 6.30. The van der Waals surface area contributed by atoms with Gasteiger partial charge in [0.2, 0.25) is 0 Å². The molecule has 1 heterocycles. The van der Waals surface area contributed by atoms with Crippen LogP contribution in [0.3, 0.4) is 0 Å². The minimum absolute atomic E-state index is 0.172. The molecular formula is C17H14ClNO3. The predicted molar refractivity (Wildman–Crippen MR) is 87.7 cm³/mol. The normalized spacial score (nSPS) is 10.8. The maximum absolute atomic E-state index is 11.7. The number of aryl methyl sites for hydroxylation is 1. The summed E-state index contributed by atoms with van der Waals surface area (Å²) in [6.45, 7) is 2.18. The Hall–Kier alpha value is -2.46. The second-order valence-corrected chi connectivity index (χ2v) is 5.53. The highest BCUT2D eigenvalue weighted by Crippen LogP contribution is 2.26. The molecule has 0 saturated carbocycles. The van der Waals surface area contributed by atoms with E-state index in [1.54, 1.807) is 31.2 Å². The first-order valence-electron chi connectivity index (χ1n) is 6.79. The number of fused-ring (bicyclic) bond motifs is 1. The van der Waals surface area contributed by atoms with Crippen LogP contribution in [0.1, 0.15) is 11.1 Å². The van der Waals surface area contributed by atoms with Gasteiger partial charge in [-0.05, 0) is 48.4 Å². The molecule has 0 bridgehead atoms. The Bertz CT molecular complexity index is 902. The SMILES string of the molecule is Cc1cc2oc(=O)cc(CNc3cccc(Cl)c3)c2cc1O. The van der Waals surface area contributed by atoms with Crippen molar-refractivity contribution in [3.63, 3.8) is 0 Å². The molecule has 0 atom stereocenters. The maximum atomic E-state index is 11.7. The fourth-order valence-corrected chi connectivity index (χ4v) is 2.50. The molecule has 112 valence electrons. The molecule has 0 spiro atoms. The maximum Gasteiger partial charge on any atom is 0.336 e. The van der Waals surface area contributed by atoms with Gasteiger partial charge in [0.15, 0.2) is 0 Å². The fraction of sp³-hybridized carbons (Fsp3) is 0.118. The van der Waals surface area contributed by atoms with Crippen LogP contribution in [0.4, 0.5) is 5.69 Å². The van der Waals surface area contributed by atoms with Crippen LogP contribution < -0.4 is 10.9 Å². The topological polar surface area (TPSA) is 62.5 Å². The Kier molecular flexibility index (Phi) is 3.77. The van der Waals surface area contributed by atoms with Gasteiger partial charge in [-0.25, -0.2) is 4.79 Å². The van der Waals surface area contributed by atoms with E-state index in [0.717, 1.165) is 11.3 Å². The van der Waals surface area contributed by atoms with Crippen LogP contribution in [0.25, 0.3) is 11.0 Å². The summed E-state index contributed by atoms with van der Waals surface area (Å²) in [4.78, 5) is 11.7. The second kappa shape index (κ2) is 5.73. The second-order valence-electron chi connectivity index (χ2n) is 5.09. The third kappa shape index (κ3) is 2.92. The number of hydrogen-bond donors (Lipinski definition) is 2. The van der Waals surface area contributed by atoms with Crippen molar-refractivity contribution in [1.29, 1.82) is 0 Å². The Labute approximate surface area is 132 Å². The van der Waals surface area contributed by atoms with Crippen LogP contribution in [0.2, 0.25) is 5.02 Å². The summed E-state index contributed by atoms with van der Waals surface area (Å²) >= 11 is 5.95. The standard InChI is InChI=1S/C17H14ClNO3/c1-10-5-16-14(8-15(10)20)11(6-17(21)22-16)9-19-13-4-2-3-12(18)7-13/h2-8,19-20H,9H2,1H3. The summed E-state index contributed by atoms with van der Waals surface area (Å²) in [6.07, 6.45) is 0. The van der Waals surface area contributed by atoms with Gasteiger partial charge in [-0.15, -0.1) is 0 Å². The molecule has 0 amide bonds. The van der Waals surface area contributed by atoms with Gasteiger partial charge in [-0.3, -0.25) is 0 Å². The fourth-order valence-electron chi connectivity index (χ4n) is 2.31. The molecule has 1 aromatic heterocycles. The smallest absolute Gasteiger partial charge is 0.336 e. The van der Waals surface area contributed by atoms with Gasteiger partial charge in [-0.2, -0.15) is 0 Å². The lowest BCUT2D eigenvalue weighted by Gasteiger charge is -2.10. The summed E-state index contributed by atoms with van der Waals surface area (Å²) < 4.78 is 5.19. The molecule has 0 aliphatic rings. The van der Waals surface area contributed by atoms with Gasteiger partial charge in [0.1, 0.15) is 11.3 Å². The number of aromatic hydroxyl groups is 1. The van der Waals surface area contributed by atoms with E-state index in [-0.39, 0.29) is 5.75 Å². The van der Waals surface area contributed by atoms with Gasteiger partial charge in [0.05, 0.1) is 0 Å². The van der Waals surface area contributed by atoms with Crippen molar-refractivity contribution in [2.24, 2.45) is 0 Å². The molecule has 22 heavy (non-hydrogen) atoms. The molecule has 2 N–H and O–H groups in total. The third-order valence-electron chi connectivity index (χ3n) is 3.45. The van der Waals surface area contributed by atoms with E-state index in [9.17, 15) is 9.90 Å². The number of anilines is 1. The number of phenols is 1. The van der Waals surface area contributed by atoms with Crippen molar-refractivity contribution in [1.82, 2.24) is 0 Å². The quantitative estimate of drug-likeness (QED) is 0.715. The van der Waals surface area contributed by atoms with E-state index in [1.165, 1.54) is 6.07 Å². The van der Waals surface area contributed by atoms with Crippen LogP contribution in [-0.2, 0) is 6.54 Å². The first-order valence-corrected chi connectivity index (χ1v) is 7.16. The summed E-state index contributed by atoms with van der Waals surface area (Å²) in [6, 6.07) is 12.0. The van der Waals surface area contributed by atoms with Crippen molar-refractivity contribution in [3.05, 3.63) is 69.0 Å². The highest BCUT2D eigenvalue weighted by Gasteiger charge is 2.09. The van der Waals surface area contributed by atoms with E-state index in [2.05, 4.69) is 5.32 Å². The number of phenolic OH excluding ortho intramolecular Hbond substituents is 1. The van der Waals surface area contributed by atoms with E-state index in [4.69, 9.17) is 16.0 Å². The van der Waals surface area contributed by atoms with Crippen molar-refractivity contribution in [3.8, 4) is 5.75 Å². The largest absolute Gasteiger partial charge is 0.508 e. The van der Waals surface area contributed by atoms with Crippen LogP contribution in [0.15, 0.2) is 51.7 Å². The molecule has 0 radical (unpaired) electrons. The Balaban J connectivity index is 1.99.